The molecule has 0 aromatic rings. The molecule has 0 atom stereocenters. The number of hydrogen-bond donors (Lipinski definition) is 0. The predicted octanol–water partition coefficient (Wildman–Crippen LogP) is 19.5. The standard InChI is InChI=1S/C62H130N4/c1-9-13-17-21-25-29-33-37-41-45-52-62(53-46-42-38-34-30-26-22-18-14-10-2,54-61-65(8)57-50-49-56-64(7)58-51-55-63(5)6)66(59-47-43-39-35-31-27-23-19-15-11-3)60-48-44-40-36-32-28-24-20-16-12-4/h9-61H2,1-8H3. The van der Waals surface area contributed by atoms with Crippen LogP contribution in [0.5, 0.6) is 0 Å². The second-order valence-corrected chi connectivity index (χ2v) is 22.7. The number of rotatable bonds is 57. The average Bonchev–Trinajstić information content (AvgIpc) is 3.31. The highest BCUT2D eigenvalue weighted by Gasteiger charge is 2.35. The van der Waals surface area contributed by atoms with Gasteiger partial charge in [-0.05, 0) is 125 Å². The van der Waals surface area contributed by atoms with Crippen LogP contribution in [0, 0.1) is 0 Å². The van der Waals surface area contributed by atoms with Crippen LogP contribution >= 0.6 is 0 Å². The summed E-state index contributed by atoms with van der Waals surface area (Å²) in [5.41, 5.74) is 0.375. The minimum Gasteiger partial charge on any atom is -0.309 e. The van der Waals surface area contributed by atoms with E-state index in [0.29, 0.717) is 5.54 Å². The minimum absolute atomic E-state index is 0.375. The van der Waals surface area contributed by atoms with Gasteiger partial charge < -0.3 is 14.7 Å². The first kappa shape index (κ1) is 65.8. The van der Waals surface area contributed by atoms with Gasteiger partial charge in [0.05, 0.1) is 0 Å². The van der Waals surface area contributed by atoms with Crippen molar-refractivity contribution >= 4 is 0 Å². The zero-order valence-corrected chi connectivity index (χ0v) is 47.8. The lowest BCUT2D eigenvalue weighted by Crippen LogP contribution is -2.51. The number of nitrogens with zero attached hydrogens (tertiary/aromatic N) is 4. The third kappa shape index (κ3) is 45.0. The molecule has 0 aliphatic carbocycles. The van der Waals surface area contributed by atoms with Crippen LogP contribution in [0.25, 0.3) is 0 Å². The van der Waals surface area contributed by atoms with Gasteiger partial charge in [-0.25, -0.2) is 0 Å². The maximum atomic E-state index is 3.21. The fourth-order valence-corrected chi connectivity index (χ4v) is 10.9. The van der Waals surface area contributed by atoms with Crippen LogP contribution < -0.4 is 0 Å². The van der Waals surface area contributed by atoms with Crippen LogP contribution in [0.3, 0.4) is 0 Å². The largest absolute Gasteiger partial charge is 0.309 e. The van der Waals surface area contributed by atoms with E-state index in [1.54, 1.807) is 0 Å². The van der Waals surface area contributed by atoms with Gasteiger partial charge >= 0.3 is 0 Å². The van der Waals surface area contributed by atoms with Crippen molar-refractivity contribution in [1.82, 2.24) is 19.6 Å². The zero-order valence-electron chi connectivity index (χ0n) is 47.8. The van der Waals surface area contributed by atoms with Gasteiger partial charge in [-0.1, -0.05) is 272 Å². The first-order valence-corrected chi connectivity index (χ1v) is 31.1. The molecule has 0 amide bonds. The summed E-state index contributed by atoms with van der Waals surface area (Å²) in [7, 11) is 9.22. The molecule has 66 heavy (non-hydrogen) atoms. The lowest BCUT2D eigenvalue weighted by Gasteiger charge is -2.46. The van der Waals surface area contributed by atoms with Crippen molar-refractivity contribution in [2.24, 2.45) is 0 Å². The smallest absolute Gasteiger partial charge is 0.0221 e. The second kappa shape index (κ2) is 52.7. The monoisotopic (exact) mass is 931 g/mol. The van der Waals surface area contributed by atoms with Crippen LogP contribution in [-0.4, -0.2) is 99.1 Å². The van der Waals surface area contributed by atoms with Gasteiger partial charge in [0, 0.05) is 5.54 Å². The predicted molar refractivity (Wildman–Crippen MR) is 303 cm³/mol. The summed E-state index contributed by atoms with van der Waals surface area (Å²) in [6.45, 7) is 18.3. The van der Waals surface area contributed by atoms with E-state index in [0.717, 1.165) is 0 Å². The molecule has 0 fully saturated rings. The first-order chi connectivity index (χ1) is 32.3. The second-order valence-electron chi connectivity index (χ2n) is 22.7. The quantitative estimate of drug-likeness (QED) is 0.0564. The Hall–Kier alpha value is -0.160. The molecule has 0 heterocycles. The van der Waals surface area contributed by atoms with E-state index in [1.807, 2.05) is 0 Å². The molecule has 0 spiro atoms. The Labute approximate surface area is 420 Å². The molecule has 0 saturated heterocycles. The third-order valence-electron chi connectivity index (χ3n) is 15.7. The summed E-state index contributed by atoms with van der Waals surface area (Å²) >= 11 is 0. The van der Waals surface area contributed by atoms with Crippen molar-refractivity contribution < 1.29 is 0 Å². The Morgan fingerprint density at radius 2 is 0.455 bits per heavy atom. The molecule has 0 aliphatic heterocycles. The molecule has 0 rings (SSSR count). The highest BCUT2D eigenvalue weighted by atomic mass is 15.2. The Bertz CT molecular complexity index is 843. The molecule has 398 valence electrons. The molecule has 0 aromatic carbocycles. The Morgan fingerprint density at radius 3 is 0.758 bits per heavy atom. The van der Waals surface area contributed by atoms with Crippen molar-refractivity contribution in [2.45, 2.75) is 329 Å². The molecule has 0 saturated carbocycles. The molecule has 0 radical (unpaired) electrons. The van der Waals surface area contributed by atoms with Gasteiger partial charge in [-0.15, -0.1) is 0 Å². The van der Waals surface area contributed by atoms with E-state index in [-0.39, 0.29) is 0 Å². The summed E-state index contributed by atoms with van der Waals surface area (Å²) in [4.78, 5) is 10.9. The topological polar surface area (TPSA) is 13.0 Å². The van der Waals surface area contributed by atoms with Crippen LogP contribution in [0.1, 0.15) is 323 Å². The molecular weight excluding hydrogens is 801 g/mol. The maximum absolute atomic E-state index is 3.21. The van der Waals surface area contributed by atoms with E-state index in [4.69, 9.17) is 0 Å². The van der Waals surface area contributed by atoms with Crippen molar-refractivity contribution in [3.8, 4) is 0 Å². The Balaban J connectivity index is 6.01. The lowest BCUT2D eigenvalue weighted by atomic mass is 9.80. The van der Waals surface area contributed by atoms with Gasteiger partial charge in [0.25, 0.3) is 0 Å². The fourth-order valence-electron chi connectivity index (χ4n) is 10.9. The molecule has 0 N–H and O–H groups in total. The molecule has 4 nitrogen and oxygen atoms in total. The zero-order chi connectivity index (χ0) is 48.3. The molecule has 0 aliphatic rings. The van der Waals surface area contributed by atoms with Gasteiger partial charge in [0.1, 0.15) is 0 Å². The van der Waals surface area contributed by atoms with Crippen LogP contribution in [-0.2, 0) is 0 Å². The third-order valence-corrected chi connectivity index (χ3v) is 15.7. The summed E-state index contributed by atoms with van der Waals surface area (Å²) in [5.74, 6) is 0. The first-order valence-electron chi connectivity index (χ1n) is 31.1. The summed E-state index contributed by atoms with van der Waals surface area (Å²) in [6.07, 6.45) is 66.0. The summed E-state index contributed by atoms with van der Waals surface area (Å²) in [5, 5.41) is 0. The summed E-state index contributed by atoms with van der Waals surface area (Å²) < 4.78 is 0. The molecule has 0 bridgehead atoms. The molecular formula is C62H130N4. The lowest BCUT2D eigenvalue weighted by molar-refractivity contribution is 0.0431. The highest BCUT2D eigenvalue weighted by Crippen LogP contribution is 2.35. The average molecular weight is 932 g/mol. The minimum atomic E-state index is 0.375. The highest BCUT2D eigenvalue weighted by molar-refractivity contribution is 4.92. The van der Waals surface area contributed by atoms with E-state index in [9.17, 15) is 0 Å². The van der Waals surface area contributed by atoms with Crippen LogP contribution in [0.4, 0.5) is 0 Å². The molecule has 0 unspecified atom stereocenters. The number of unbranched alkanes of at least 4 members (excludes halogenated alkanes) is 37. The number of hydrogen-bond acceptors (Lipinski definition) is 4. The maximum Gasteiger partial charge on any atom is 0.0221 e. The van der Waals surface area contributed by atoms with Crippen LogP contribution in [0.15, 0.2) is 0 Å². The van der Waals surface area contributed by atoms with Crippen molar-refractivity contribution in [3.05, 3.63) is 0 Å². The van der Waals surface area contributed by atoms with E-state index >= 15 is 0 Å². The van der Waals surface area contributed by atoms with Crippen molar-refractivity contribution in [3.63, 3.8) is 0 Å². The van der Waals surface area contributed by atoms with Gasteiger partial charge in [-0.3, -0.25) is 4.90 Å². The van der Waals surface area contributed by atoms with E-state index in [1.165, 1.54) is 341 Å². The summed E-state index contributed by atoms with van der Waals surface area (Å²) in [6, 6.07) is 0. The SMILES string of the molecule is CCCCCCCCCCCCN(CCCCCCCCCCCC)C(CCCCCCCCCCCC)(CCCCCCCCCCCC)CCN(C)CCCCN(C)CCCN(C)C. The Morgan fingerprint density at radius 1 is 0.212 bits per heavy atom. The van der Waals surface area contributed by atoms with E-state index < -0.39 is 0 Å². The van der Waals surface area contributed by atoms with Gasteiger partial charge in [0.15, 0.2) is 0 Å². The van der Waals surface area contributed by atoms with Crippen molar-refractivity contribution in [2.75, 3.05) is 74.0 Å². The van der Waals surface area contributed by atoms with Crippen LogP contribution in [0.2, 0.25) is 0 Å². The van der Waals surface area contributed by atoms with Gasteiger partial charge in [0.2, 0.25) is 0 Å². The molecule has 4 heteroatoms. The van der Waals surface area contributed by atoms with Crippen molar-refractivity contribution in [1.29, 1.82) is 0 Å². The fraction of sp³-hybridized carbons (Fsp3) is 1.00. The normalized spacial score (nSPS) is 12.4. The van der Waals surface area contributed by atoms with E-state index in [2.05, 4.69) is 75.5 Å². The molecule has 0 aromatic heterocycles. The van der Waals surface area contributed by atoms with Gasteiger partial charge in [-0.2, -0.15) is 0 Å². The Kier molecular flexibility index (Phi) is 52.5.